The summed E-state index contributed by atoms with van der Waals surface area (Å²) in [5.74, 6) is 0.577. The van der Waals surface area contributed by atoms with Gasteiger partial charge in [0.15, 0.2) is 0 Å². The van der Waals surface area contributed by atoms with E-state index in [0.717, 1.165) is 38.2 Å². The lowest BCUT2D eigenvalue weighted by molar-refractivity contribution is -0.123. The van der Waals surface area contributed by atoms with Crippen molar-refractivity contribution in [2.75, 3.05) is 19.8 Å². The summed E-state index contributed by atoms with van der Waals surface area (Å²) in [6, 6.07) is 13.5. The second-order valence-corrected chi connectivity index (χ2v) is 5.74. The van der Waals surface area contributed by atoms with Gasteiger partial charge in [-0.25, -0.2) is 0 Å². The van der Waals surface area contributed by atoms with E-state index in [2.05, 4.69) is 5.32 Å². The van der Waals surface area contributed by atoms with Crippen LogP contribution in [-0.4, -0.2) is 30.2 Å². The number of nitrogens with zero attached hydrogens (tertiary/aromatic N) is 1. The van der Waals surface area contributed by atoms with E-state index in [0.29, 0.717) is 5.92 Å². The molecule has 0 bridgehead atoms. The number of aromatic nitrogens is 1. The molecule has 3 rings (SSSR count). The zero-order valence-corrected chi connectivity index (χ0v) is 12.7. The highest BCUT2D eigenvalue weighted by Crippen LogP contribution is 2.19. The molecule has 2 aromatic rings. The number of carbonyl (C=O) groups is 1. The predicted octanol–water partition coefficient (Wildman–Crippen LogP) is 2.62. The molecule has 0 unspecified atom stereocenters. The number of nitrogens with one attached hydrogen (secondary N) is 1. The van der Waals surface area contributed by atoms with Gasteiger partial charge in [0.05, 0.1) is 0 Å². The van der Waals surface area contributed by atoms with Crippen molar-refractivity contribution in [3.8, 4) is 0 Å². The van der Waals surface area contributed by atoms with E-state index in [9.17, 15) is 4.79 Å². The molecular formula is C18H22N2O2. The summed E-state index contributed by atoms with van der Waals surface area (Å²) in [6.45, 7) is 2.34. The topological polar surface area (TPSA) is 43.3 Å². The van der Waals surface area contributed by atoms with Crippen LogP contribution < -0.4 is 5.32 Å². The van der Waals surface area contributed by atoms with Crippen molar-refractivity contribution in [3.63, 3.8) is 0 Å². The predicted molar refractivity (Wildman–Crippen MR) is 85.6 cm³/mol. The van der Waals surface area contributed by atoms with Crippen LogP contribution in [0.1, 0.15) is 24.4 Å². The molecule has 1 aliphatic heterocycles. The number of hydrogen-bond acceptors (Lipinski definition) is 2. The molecule has 22 heavy (non-hydrogen) atoms. The Hall–Kier alpha value is -2.07. The number of benzene rings is 1. The van der Waals surface area contributed by atoms with E-state index < -0.39 is 0 Å². The monoisotopic (exact) mass is 298 g/mol. The van der Waals surface area contributed by atoms with Gasteiger partial charge in [0.25, 0.3) is 0 Å². The number of rotatable bonds is 5. The summed E-state index contributed by atoms with van der Waals surface area (Å²) >= 11 is 0. The smallest absolute Gasteiger partial charge is 0.247 e. The van der Waals surface area contributed by atoms with Gasteiger partial charge in [0.1, 0.15) is 6.04 Å². The van der Waals surface area contributed by atoms with E-state index in [1.54, 1.807) is 0 Å². The minimum absolute atomic E-state index is 0.0499. The molecule has 0 spiro atoms. The molecule has 4 nitrogen and oxygen atoms in total. The summed E-state index contributed by atoms with van der Waals surface area (Å²) in [5.41, 5.74) is 1.00. The number of hydrogen-bond donors (Lipinski definition) is 1. The molecule has 1 N–H and O–H groups in total. The molecule has 1 saturated heterocycles. The molecule has 0 radical (unpaired) electrons. The minimum atomic E-state index is -0.309. The third-order valence-electron chi connectivity index (χ3n) is 4.20. The summed E-state index contributed by atoms with van der Waals surface area (Å²) in [6.07, 6.45) is 5.93. The SMILES string of the molecule is O=C(NCC1CCOCC1)[C@H](c1ccccc1)n1cccc1. The Balaban J connectivity index is 1.70. The van der Waals surface area contributed by atoms with Crippen LogP contribution in [-0.2, 0) is 9.53 Å². The van der Waals surface area contributed by atoms with E-state index in [-0.39, 0.29) is 11.9 Å². The van der Waals surface area contributed by atoms with E-state index in [4.69, 9.17) is 4.74 Å². The zero-order valence-electron chi connectivity index (χ0n) is 12.7. The van der Waals surface area contributed by atoms with Crippen LogP contribution in [0.2, 0.25) is 0 Å². The Kier molecular flexibility index (Phi) is 4.91. The van der Waals surface area contributed by atoms with Crippen molar-refractivity contribution in [1.29, 1.82) is 0 Å². The Morgan fingerprint density at radius 1 is 1.14 bits per heavy atom. The highest BCUT2D eigenvalue weighted by Gasteiger charge is 2.23. The van der Waals surface area contributed by atoms with Gasteiger partial charge in [-0.1, -0.05) is 30.3 Å². The molecule has 1 aromatic carbocycles. The molecule has 1 fully saturated rings. The molecule has 116 valence electrons. The van der Waals surface area contributed by atoms with Crippen molar-refractivity contribution in [2.45, 2.75) is 18.9 Å². The van der Waals surface area contributed by atoms with Gasteiger partial charge in [0.2, 0.25) is 5.91 Å². The van der Waals surface area contributed by atoms with Crippen LogP contribution in [0.15, 0.2) is 54.9 Å². The lowest BCUT2D eigenvalue weighted by Crippen LogP contribution is -2.37. The molecule has 2 heterocycles. The number of carbonyl (C=O) groups excluding carboxylic acids is 1. The van der Waals surface area contributed by atoms with Gasteiger partial charge >= 0.3 is 0 Å². The lowest BCUT2D eigenvalue weighted by atomic mass is 10.00. The fraction of sp³-hybridized carbons (Fsp3) is 0.389. The highest BCUT2D eigenvalue weighted by atomic mass is 16.5. The standard InChI is InChI=1S/C18H22N2O2/c21-18(19-14-15-8-12-22-13-9-15)17(20-10-4-5-11-20)16-6-2-1-3-7-16/h1-7,10-11,15,17H,8-9,12-14H2,(H,19,21)/t17-/m0/s1. The molecule has 1 aliphatic rings. The van der Waals surface area contributed by atoms with Gasteiger partial charge in [0, 0.05) is 32.2 Å². The molecule has 1 aromatic heterocycles. The zero-order chi connectivity index (χ0) is 15.2. The van der Waals surface area contributed by atoms with Gasteiger partial charge in [-0.3, -0.25) is 4.79 Å². The maximum Gasteiger partial charge on any atom is 0.247 e. The third kappa shape index (κ3) is 3.57. The molecular weight excluding hydrogens is 276 g/mol. The van der Waals surface area contributed by atoms with Crippen LogP contribution in [0, 0.1) is 5.92 Å². The van der Waals surface area contributed by atoms with Crippen molar-refractivity contribution in [2.24, 2.45) is 5.92 Å². The van der Waals surface area contributed by atoms with Crippen molar-refractivity contribution < 1.29 is 9.53 Å². The normalized spacial score (nSPS) is 17.1. The summed E-state index contributed by atoms with van der Waals surface area (Å²) in [4.78, 5) is 12.7. The lowest BCUT2D eigenvalue weighted by Gasteiger charge is -2.24. The van der Waals surface area contributed by atoms with Crippen molar-refractivity contribution in [1.82, 2.24) is 9.88 Å². The minimum Gasteiger partial charge on any atom is -0.381 e. The first-order valence-electron chi connectivity index (χ1n) is 7.87. The first kappa shape index (κ1) is 14.9. The van der Waals surface area contributed by atoms with Gasteiger partial charge in [-0.15, -0.1) is 0 Å². The second kappa shape index (κ2) is 7.27. The Labute approximate surface area is 131 Å². The first-order chi connectivity index (χ1) is 10.8. The summed E-state index contributed by atoms with van der Waals surface area (Å²) in [5, 5.41) is 3.12. The van der Waals surface area contributed by atoms with E-state index >= 15 is 0 Å². The Morgan fingerprint density at radius 3 is 2.50 bits per heavy atom. The van der Waals surface area contributed by atoms with Gasteiger partial charge < -0.3 is 14.6 Å². The van der Waals surface area contributed by atoms with Crippen LogP contribution in [0.3, 0.4) is 0 Å². The fourth-order valence-corrected chi connectivity index (χ4v) is 2.91. The van der Waals surface area contributed by atoms with Crippen molar-refractivity contribution >= 4 is 5.91 Å². The van der Waals surface area contributed by atoms with Crippen LogP contribution >= 0.6 is 0 Å². The quantitative estimate of drug-likeness (QED) is 0.922. The largest absolute Gasteiger partial charge is 0.381 e. The summed E-state index contributed by atoms with van der Waals surface area (Å²) < 4.78 is 7.32. The average molecular weight is 298 g/mol. The number of amides is 1. The van der Waals surface area contributed by atoms with Gasteiger partial charge in [-0.05, 0) is 36.5 Å². The number of ether oxygens (including phenoxy) is 1. The third-order valence-corrected chi connectivity index (χ3v) is 4.20. The Bertz CT molecular complexity index is 574. The highest BCUT2D eigenvalue weighted by molar-refractivity contribution is 5.83. The molecule has 4 heteroatoms. The first-order valence-corrected chi connectivity index (χ1v) is 7.87. The molecule has 1 amide bonds. The average Bonchev–Trinajstić information content (AvgIpc) is 3.09. The Morgan fingerprint density at radius 2 is 1.82 bits per heavy atom. The molecule has 0 saturated carbocycles. The van der Waals surface area contributed by atoms with Crippen LogP contribution in [0.5, 0.6) is 0 Å². The second-order valence-electron chi connectivity index (χ2n) is 5.74. The van der Waals surface area contributed by atoms with Crippen molar-refractivity contribution in [3.05, 3.63) is 60.4 Å². The summed E-state index contributed by atoms with van der Waals surface area (Å²) in [7, 11) is 0. The van der Waals surface area contributed by atoms with Crippen LogP contribution in [0.4, 0.5) is 0 Å². The maximum absolute atomic E-state index is 12.7. The van der Waals surface area contributed by atoms with E-state index in [1.165, 1.54) is 0 Å². The maximum atomic E-state index is 12.7. The fourth-order valence-electron chi connectivity index (χ4n) is 2.91. The van der Waals surface area contributed by atoms with Crippen LogP contribution in [0.25, 0.3) is 0 Å². The molecule has 0 aliphatic carbocycles. The molecule has 1 atom stereocenters. The van der Waals surface area contributed by atoms with E-state index in [1.807, 2.05) is 59.4 Å². The van der Waals surface area contributed by atoms with Gasteiger partial charge in [-0.2, -0.15) is 0 Å².